The van der Waals surface area contributed by atoms with Crippen molar-refractivity contribution < 1.29 is 14.3 Å². The van der Waals surface area contributed by atoms with Crippen LogP contribution in [-0.2, 0) is 16.0 Å². The van der Waals surface area contributed by atoms with Gasteiger partial charge in [0.25, 0.3) is 0 Å². The first-order chi connectivity index (χ1) is 12.0. The third kappa shape index (κ3) is 3.46. The maximum absolute atomic E-state index is 12.8. The average Bonchev–Trinajstić information content (AvgIpc) is 3.09. The van der Waals surface area contributed by atoms with Crippen molar-refractivity contribution in [3.8, 4) is 0 Å². The number of halogens is 1. The molecule has 7 nitrogen and oxygen atoms in total. The first-order valence-electron chi connectivity index (χ1n) is 7.94. The number of carbonyl (C=O) groups is 2. The molecule has 1 aromatic carbocycles. The Balaban J connectivity index is 1.90. The van der Waals surface area contributed by atoms with Crippen LogP contribution >= 0.6 is 11.6 Å². The molecule has 1 aliphatic rings. The number of hydrogen-bond acceptors (Lipinski definition) is 4. The van der Waals surface area contributed by atoms with E-state index in [0.29, 0.717) is 18.0 Å². The van der Waals surface area contributed by atoms with Gasteiger partial charge in [-0.2, -0.15) is 0 Å². The molecule has 0 aliphatic carbocycles. The number of fused-ring (bicyclic) bond motifs is 1. The Morgan fingerprint density at radius 3 is 2.80 bits per heavy atom. The predicted molar refractivity (Wildman–Crippen MR) is 92.3 cm³/mol. The molecule has 0 radical (unpaired) electrons. The largest absolute Gasteiger partial charge is 0.467 e. The standard InChI is InChI=1S/C17H19ClN4O3/c1-10(16(23)25-2)21-17(24)22-8-7-13-14(20-9-19-13)15(22)11-3-5-12(18)6-4-11/h3-6,9-10,15H,7-8H2,1-2H3,(H,19,20)(H,21,24)/t10-,15-/m1/s1. The van der Waals surface area contributed by atoms with Gasteiger partial charge in [0.15, 0.2) is 0 Å². The maximum Gasteiger partial charge on any atom is 0.328 e. The van der Waals surface area contributed by atoms with E-state index in [0.717, 1.165) is 17.0 Å². The number of carbonyl (C=O) groups excluding carboxylic acids is 2. The number of ether oxygens (including phenoxy) is 1. The fraction of sp³-hybridized carbons (Fsp3) is 0.353. The fourth-order valence-electron chi connectivity index (χ4n) is 2.98. The quantitative estimate of drug-likeness (QED) is 0.820. The molecule has 0 unspecified atom stereocenters. The lowest BCUT2D eigenvalue weighted by Gasteiger charge is -2.35. The van der Waals surface area contributed by atoms with Crippen LogP contribution < -0.4 is 5.32 Å². The van der Waals surface area contributed by atoms with Gasteiger partial charge in [-0.3, -0.25) is 0 Å². The fourth-order valence-corrected chi connectivity index (χ4v) is 3.11. The van der Waals surface area contributed by atoms with Gasteiger partial charge in [0.2, 0.25) is 0 Å². The van der Waals surface area contributed by atoms with Crippen LogP contribution in [0.4, 0.5) is 4.79 Å². The average molecular weight is 363 g/mol. The van der Waals surface area contributed by atoms with Crippen LogP contribution in [0.15, 0.2) is 30.6 Å². The van der Waals surface area contributed by atoms with E-state index >= 15 is 0 Å². The zero-order valence-corrected chi connectivity index (χ0v) is 14.7. The smallest absolute Gasteiger partial charge is 0.328 e. The molecular formula is C17H19ClN4O3. The van der Waals surface area contributed by atoms with Gasteiger partial charge in [0.05, 0.1) is 19.1 Å². The molecule has 1 aliphatic heterocycles. The predicted octanol–water partition coefficient (Wildman–Crippen LogP) is 2.28. The number of aromatic amines is 1. The molecule has 1 aromatic heterocycles. The first kappa shape index (κ1) is 17.3. The van der Waals surface area contributed by atoms with E-state index in [1.165, 1.54) is 7.11 Å². The van der Waals surface area contributed by atoms with E-state index in [4.69, 9.17) is 11.6 Å². The number of benzene rings is 1. The highest BCUT2D eigenvalue weighted by atomic mass is 35.5. The Morgan fingerprint density at radius 2 is 2.12 bits per heavy atom. The molecule has 132 valence electrons. The van der Waals surface area contributed by atoms with Crippen molar-refractivity contribution in [2.24, 2.45) is 0 Å². The van der Waals surface area contributed by atoms with Crippen LogP contribution in [0.5, 0.6) is 0 Å². The summed E-state index contributed by atoms with van der Waals surface area (Å²) in [6, 6.07) is 5.89. The Hall–Kier alpha value is -2.54. The second kappa shape index (κ2) is 7.14. The van der Waals surface area contributed by atoms with Crippen LogP contribution in [0.2, 0.25) is 5.02 Å². The Labute approximate surface area is 150 Å². The van der Waals surface area contributed by atoms with Gasteiger partial charge in [-0.15, -0.1) is 0 Å². The normalized spacial score (nSPS) is 17.6. The van der Waals surface area contributed by atoms with Gasteiger partial charge >= 0.3 is 12.0 Å². The van der Waals surface area contributed by atoms with Crippen LogP contribution in [0.3, 0.4) is 0 Å². The van der Waals surface area contributed by atoms with Gasteiger partial charge in [0, 0.05) is 23.7 Å². The van der Waals surface area contributed by atoms with Gasteiger partial charge < -0.3 is 19.9 Å². The highest BCUT2D eigenvalue weighted by molar-refractivity contribution is 6.30. The first-order valence-corrected chi connectivity index (χ1v) is 8.31. The summed E-state index contributed by atoms with van der Waals surface area (Å²) in [7, 11) is 1.29. The molecule has 25 heavy (non-hydrogen) atoms. The molecule has 2 aromatic rings. The molecular weight excluding hydrogens is 344 g/mol. The lowest BCUT2D eigenvalue weighted by atomic mass is 9.96. The SMILES string of the molecule is COC(=O)[C@@H](C)NC(=O)N1CCc2[nH]cnc2[C@H]1c1ccc(Cl)cc1. The highest BCUT2D eigenvalue weighted by Crippen LogP contribution is 2.33. The second-order valence-corrected chi connectivity index (χ2v) is 6.29. The number of imidazole rings is 1. The highest BCUT2D eigenvalue weighted by Gasteiger charge is 2.35. The number of nitrogens with one attached hydrogen (secondary N) is 2. The minimum Gasteiger partial charge on any atom is -0.467 e. The van der Waals surface area contributed by atoms with Crippen molar-refractivity contribution in [2.75, 3.05) is 13.7 Å². The minimum absolute atomic E-state index is 0.341. The third-order valence-electron chi connectivity index (χ3n) is 4.27. The van der Waals surface area contributed by atoms with Crippen molar-refractivity contribution in [1.82, 2.24) is 20.2 Å². The van der Waals surface area contributed by atoms with Gasteiger partial charge in [-0.1, -0.05) is 23.7 Å². The number of aromatic nitrogens is 2. The molecule has 8 heteroatoms. The summed E-state index contributed by atoms with van der Waals surface area (Å²) < 4.78 is 4.66. The number of rotatable bonds is 3. The minimum atomic E-state index is -0.732. The monoisotopic (exact) mass is 362 g/mol. The number of esters is 1. The molecule has 2 amide bonds. The van der Waals surface area contributed by atoms with Gasteiger partial charge in [-0.25, -0.2) is 14.6 Å². The summed E-state index contributed by atoms with van der Waals surface area (Å²) >= 11 is 5.98. The molecule has 0 bridgehead atoms. The number of urea groups is 1. The number of H-pyrrole nitrogens is 1. The summed E-state index contributed by atoms with van der Waals surface area (Å²) in [5.74, 6) is -0.492. The number of nitrogens with zero attached hydrogens (tertiary/aromatic N) is 2. The molecule has 0 spiro atoms. The van der Waals surface area contributed by atoms with E-state index in [1.54, 1.807) is 30.3 Å². The molecule has 2 N–H and O–H groups in total. The zero-order valence-electron chi connectivity index (χ0n) is 14.0. The summed E-state index contributed by atoms with van der Waals surface area (Å²) in [6.07, 6.45) is 2.30. The van der Waals surface area contributed by atoms with Crippen molar-refractivity contribution in [3.05, 3.63) is 52.6 Å². The summed E-state index contributed by atoms with van der Waals surface area (Å²) in [5.41, 5.74) is 2.71. The van der Waals surface area contributed by atoms with Gasteiger partial charge in [-0.05, 0) is 24.6 Å². The van der Waals surface area contributed by atoms with Crippen LogP contribution in [0.1, 0.15) is 29.9 Å². The molecule has 0 saturated carbocycles. The van der Waals surface area contributed by atoms with Crippen LogP contribution in [0.25, 0.3) is 0 Å². The van der Waals surface area contributed by atoms with Crippen LogP contribution in [0, 0.1) is 0 Å². The maximum atomic E-state index is 12.8. The van der Waals surface area contributed by atoms with E-state index in [1.807, 2.05) is 12.1 Å². The molecule has 0 fully saturated rings. The van der Waals surface area contributed by atoms with E-state index in [9.17, 15) is 9.59 Å². The van der Waals surface area contributed by atoms with Crippen molar-refractivity contribution in [3.63, 3.8) is 0 Å². The topological polar surface area (TPSA) is 87.3 Å². The van der Waals surface area contributed by atoms with Crippen molar-refractivity contribution in [1.29, 1.82) is 0 Å². The third-order valence-corrected chi connectivity index (χ3v) is 4.52. The summed E-state index contributed by atoms with van der Waals surface area (Å²) in [4.78, 5) is 33.5. The van der Waals surface area contributed by atoms with E-state index < -0.39 is 12.0 Å². The Bertz CT molecular complexity index is 774. The van der Waals surface area contributed by atoms with Crippen molar-refractivity contribution in [2.45, 2.75) is 25.4 Å². The Morgan fingerprint density at radius 1 is 1.40 bits per heavy atom. The van der Waals surface area contributed by atoms with Gasteiger partial charge in [0.1, 0.15) is 12.1 Å². The number of methoxy groups -OCH3 is 1. The lowest BCUT2D eigenvalue weighted by molar-refractivity contribution is -0.142. The van der Waals surface area contributed by atoms with Crippen molar-refractivity contribution >= 4 is 23.6 Å². The molecule has 2 heterocycles. The number of amides is 2. The zero-order chi connectivity index (χ0) is 18.0. The summed E-state index contributed by atoms with van der Waals surface area (Å²) in [6.45, 7) is 2.09. The Kier molecular flexibility index (Phi) is 4.94. The number of hydrogen-bond donors (Lipinski definition) is 2. The van der Waals surface area contributed by atoms with E-state index in [-0.39, 0.29) is 12.1 Å². The van der Waals surface area contributed by atoms with E-state index in [2.05, 4.69) is 20.0 Å². The lowest BCUT2D eigenvalue weighted by Crippen LogP contribution is -2.50. The second-order valence-electron chi connectivity index (χ2n) is 5.86. The molecule has 0 saturated heterocycles. The summed E-state index contributed by atoms with van der Waals surface area (Å²) in [5, 5.41) is 3.31. The molecule has 3 rings (SSSR count). The van der Waals surface area contributed by atoms with Crippen LogP contribution in [-0.4, -0.2) is 46.6 Å². The molecule has 2 atom stereocenters.